The molecule has 4 heterocycles. The molecule has 0 radical (unpaired) electrons. The maximum absolute atomic E-state index is 6.29. The molecule has 7 nitrogen and oxygen atoms in total. The fourth-order valence-electron chi connectivity index (χ4n) is 3.87. The van der Waals surface area contributed by atoms with Gasteiger partial charge in [-0.05, 0) is 17.7 Å². The Kier molecular flexibility index (Phi) is 5.31. The quantitative estimate of drug-likeness (QED) is 0.811. The van der Waals surface area contributed by atoms with Crippen molar-refractivity contribution < 1.29 is 9.47 Å². The summed E-state index contributed by atoms with van der Waals surface area (Å²) in [5, 5.41) is 0. The smallest absolute Gasteiger partial charge is 0.117 e. The van der Waals surface area contributed by atoms with Gasteiger partial charge >= 0.3 is 0 Å². The van der Waals surface area contributed by atoms with E-state index in [1.54, 1.807) is 0 Å². The first kappa shape index (κ1) is 17.6. The number of rotatable bonds is 4. The number of aryl methyl sites for hydroxylation is 1. The molecule has 0 bridgehead atoms. The molecule has 2 aromatic heterocycles. The van der Waals surface area contributed by atoms with E-state index < -0.39 is 0 Å². The van der Waals surface area contributed by atoms with Crippen LogP contribution >= 0.6 is 0 Å². The van der Waals surface area contributed by atoms with Crippen LogP contribution < -0.4 is 0 Å². The van der Waals surface area contributed by atoms with Gasteiger partial charge in [0.05, 0.1) is 31.8 Å². The molecular weight excluding hydrogens is 330 g/mol. The number of imidazole rings is 1. The average molecular weight is 357 g/mol. The third kappa shape index (κ3) is 4.12. The Morgan fingerprint density at radius 1 is 1.04 bits per heavy atom. The van der Waals surface area contributed by atoms with Crippen LogP contribution in [0, 0.1) is 0 Å². The van der Waals surface area contributed by atoms with Crippen molar-refractivity contribution in [2.75, 3.05) is 46.0 Å². The van der Waals surface area contributed by atoms with Gasteiger partial charge in [0.25, 0.3) is 0 Å². The van der Waals surface area contributed by atoms with Crippen LogP contribution in [-0.4, -0.2) is 75.9 Å². The van der Waals surface area contributed by atoms with Crippen LogP contribution in [0.5, 0.6) is 0 Å². The van der Waals surface area contributed by atoms with Gasteiger partial charge < -0.3 is 14.0 Å². The standard InChI is InChI=1S/C19H27N5O2/c1-22-16-21-10-18(22)12-24-7-9-26-19(14-24)13-23(6-8-25-15-19)11-17-2-4-20-5-3-17/h2-5,10,16H,6-9,11-15H2,1H3/t19-/m0/s1. The molecule has 2 aromatic rings. The number of hydrogen-bond donors (Lipinski definition) is 0. The maximum atomic E-state index is 6.29. The highest BCUT2D eigenvalue weighted by Gasteiger charge is 2.40. The number of morpholine rings is 1. The van der Waals surface area contributed by atoms with E-state index in [0.29, 0.717) is 6.61 Å². The maximum Gasteiger partial charge on any atom is 0.117 e. The summed E-state index contributed by atoms with van der Waals surface area (Å²) in [6, 6.07) is 4.16. The molecule has 2 aliphatic rings. The van der Waals surface area contributed by atoms with Gasteiger partial charge in [0, 0.05) is 64.9 Å². The lowest BCUT2D eigenvalue weighted by atomic mass is 10.0. The van der Waals surface area contributed by atoms with Crippen molar-refractivity contribution in [3.05, 3.63) is 48.3 Å². The van der Waals surface area contributed by atoms with Gasteiger partial charge in [-0.2, -0.15) is 0 Å². The van der Waals surface area contributed by atoms with Gasteiger partial charge in [0.15, 0.2) is 0 Å². The molecule has 0 amide bonds. The van der Waals surface area contributed by atoms with Crippen molar-refractivity contribution in [3.63, 3.8) is 0 Å². The summed E-state index contributed by atoms with van der Waals surface area (Å²) in [7, 11) is 2.05. The van der Waals surface area contributed by atoms with Crippen LogP contribution in [0.3, 0.4) is 0 Å². The zero-order valence-electron chi connectivity index (χ0n) is 15.4. The van der Waals surface area contributed by atoms with Crippen molar-refractivity contribution in [3.8, 4) is 0 Å². The molecule has 2 fully saturated rings. The molecule has 2 aliphatic heterocycles. The zero-order chi connectivity index (χ0) is 17.8. The van der Waals surface area contributed by atoms with Crippen molar-refractivity contribution in [1.82, 2.24) is 24.3 Å². The predicted octanol–water partition coefficient (Wildman–Crippen LogP) is 0.919. The number of ether oxygens (including phenoxy) is 2. The molecule has 1 atom stereocenters. The van der Waals surface area contributed by atoms with Gasteiger partial charge in [-0.25, -0.2) is 4.98 Å². The van der Waals surface area contributed by atoms with Gasteiger partial charge in [0.1, 0.15) is 5.60 Å². The van der Waals surface area contributed by atoms with Crippen molar-refractivity contribution in [1.29, 1.82) is 0 Å². The second-order valence-electron chi connectivity index (χ2n) is 7.36. The van der Waals surface area contributed by atoms with E-state index in [1.165, 1.54) is 11.3 Å². The normalized spacial score (nSPS) is 25.4. The summed E-state index contributed by atoms with van der Waals surface area (Å²) >= 11 is 0. The molecule has 1 spiro atoms. The first-order chi connectivity index (χ1) is 12.7. The molecule has 4 rings (SSSR count). The van der Waals surface area contributed by atoms with Gasteiger partial charge in [0.2, 0.25) is 0 Å². The lowest BCUT2D eigenvalue weighted by molar-refractivity contribution is -0.143. The molecule has 0 saturated carbocycles. The van der Waals surface area contributed by atoms with E-state index in [0.717, 1.165) is 52.5 Å². The van der Waals surface area contributed by atoms with Crippen LogP contribution in [0.25, 0.3) is 0 Å². The fourth-order valence-corrected chi connectivity index (χ4v) is 3.87. The van der Waals surface area contributed by atoms with Crippen LogP contribution in [-0.2, 0) is 29.6 Å². The van der Waals surface area contributed by atoms with E-state index >= 15 is 0 Å². The Morgan fingerprint density at radius 2 is 1.81 bits per heavy atom. The third-order valence-electron chi connectivity index (χ3n) is 5.21. The second-order valence-corrected chi connectivity index (χ2v) is 7.36. The summed E-state index contributed by atoms with van der Waals surface area (Å²) in [5.74, 6) is 0. The minimum atomic E-state index is -0.264. The minimum Gasteiger partial charge on any atom is -0.377 e. The van der Waals surface area contributed by atoms with E-state index in [-0.39, 0.29) is 5.60 Å². The molecular formula is C19H27N5O2. The highest BCUT2D eigenvalue weighted by molar-refractivity contribution is 5.10. The van der Waals surface area contributed by atoms with Crippen molar-refractivity contribution >= 4 is 0 Å². The SMILES string of the molecule is Cn1cncc1CN1CCO[C@]2(COCCN(Cc3ccncc3)C2)C1. The highest BCUT2D eigenvalue weighted by atomic mass is 16.5. The summed E-state index contributed by atoms with van der Waals surface area (Å²) in [4.78, 5) is 13.2. The number of pyridine rings is 1. The molecule has 7 heteroatoms. The highest BCUT2D eigenvalue weighted by Crippen LogP contribution is 2.24. The summed E-state index contributed by atoms with van der Waals surface area (Å²) in [6.07, 6.45) is 7.51. The molecule has 26 heavy (non-hydrogen) atoms. The van der Waals surface area contributed by atoms with Gasteiger partial charge in [-0.15, -0.1) is 0 Å². The van der Waals surface area contributed by atoms with E-state index in [2.05, 4.69) is 36.5 Å². The van der Waals surface area contributed by atoms with Crippen molar-refractivity contribution in [2.45, 2.75) is 18.7 Å². The van der Waals surface area contributed by atoms with E-state index in [1.807, 2.05) is 32.0 Å². The van der Waals surface area contributed by atoms with Gasteiger partial charge in [-0.1, -0.05) is 0 Å². The lowest BCUT2D eigenvalue weighted by Gasteiger charge is -2.43. The van der Waals surface area contributed by atoms with Crippen LogP contribution in [0.15, 0.2) is 37.1 Å². The van der Waals surface area contributed by atoms with Crippen LogP contribution in [0.4, 0.5) is 0 Å². The first-order valence-corrected chi connectivity index (χ1v) is 9.23. The third-order valence-corrected chi connectivity index (χ3v) is 5.21. The summed E-state index contributed by atoms with van der Waals surface area (Å²) in [6.45, 7) is 7.57. The first-order valence-electron chi connectivity index (χ1n) is 9.23. The minimum absolute atomic E-state index is 0.264. The van der Waals surface area contributed by atoms with Crippen LogP contribution in [0.1, 0.15) is 11.3 Å². The van der Waals surface area contributed by atoms with Crippen LogP contribution in [0.2, 0.25) is 0 Å². The van der Waals surface area contributed by atoms with Gasteiger partial charge in [-0.3, -0.25) is 14.8 Å². The topological polar surface area (TPSA) is 55.7 Å². The number of hydrogen-bond acceptors (Lipinski definition) is 6. The Labute approximate surface area is 154 Å². The average Bonchev–Trinajstić information content (AvgIpc) is 2.94. The van der Waals surface area contributed by atoms with E-state index in [4.69, 9.17) is 9.47 Å². The largest absolute Gasteiger partial charge is 0.377 e. The molecule has 2 saturated heterocycles. The summed E-state index contributed by atoms with van der Waals surface area (Å²) < 4.78 is 14.3. The number of nitrogens with zero attached hydrogens (tertiary/aromatic N) is 5. The zero-order valence-corrected chi connectivity index (χ0v) is 15.4. The Morgan fingerprint density at radius 3 is 2.58 bits per heavy atom. The van der Waals surface area contributed by atoms with E-state index in [9.17, 15) is 0 Å². The lowest BCUT2D eigenvalue weighted by Crippen LogP contribution is -2.58. The molecule has 0 aliphatic carbocycles. The number of aromatic nitrogens is 3. The predicted molar refractivity (Wildman–Crippen MR) is 97.5 cm³/mol. The molecule has 0 aromatic carbocycles. The summed E-state index contributed by atoms with van der Waals surface area (Å²) in [5.41, 5.74) is 2.24. The fraction of sp³-hybridized carbons (Fsp3) is 0.579. The molecule has 0 unspecified atom stereocenters. The Balaban J connectivity index is 1.44. The molecule has 0 N–H and O–H groups in total. The Hall–Kier alpha value is -1.80. The Bertz CT molecular complexity index is 707. The molecule has 140 valence electrons. The second kappa shape index (κ2) is 7.84. The monoisotopic (exact) mass is 357 g/mol. The van der Waals surface area contributed by atoms with Crippen molar-refractivity contribution in [2.24, 2.45) is 7.05 Å².